The molecule has 20 heavy (non-hydrogen) atoms. The summed E-state index contributed by atoms with van der Waals surface area (Å²) in [6, 6.07) is 12.2. The van der Waals surface area contributed by atoms with Gasteiger partial charge in [-0.3, -0.25) is 9.78 Å². The van der Waals surface area contributed by atoms with Gasteiger partial charge >= 0.3 is 0 Å². The van der Waals surface area contributed by atoms with Crippen molar-refractivity contribution in [1.82, 2.24) is 9.88 Å². The van der Waals surface area contributed by atoms with Crippen molar-refractivity contribution in [3.05, 3.63) is 36.5 Å². The van der Waals surface area contributed by atoms with Crippen LogP contribution in [0.1, 0.15) is 13.3 Å². The average Bonchev–Trinajstić information content (AvgIpc) is 3.07. The van der Waals surface area contributed by atoms with Crippen molar-refractivity contribution in [1.29, 1.82) is 0 Å². The molecule has 2 atom stereocenters. The van der Waals surface area contributed by atoms with E-state index in [1.165, 1.54) is 5.69 Å². The van der Waals surface area contributed by atoms with Crippen molar-refractivity contribution in [2.24, 2.45) is 0 Å². The number of piperazine rings is 1. The first kappa shape index (κ1) is 11.7. The van der Waals surface area contributed by atoms with Crippen LogP contribution in [0.2, 0.25) is 0 Å². The van der Waals surface area contributed by atoms with Crippen molar-refractivity contribution >= 4 is 22.5 Å². The number of nitrogens with zero attached hydrogens (tertiary/aromatic N) is 3. The average molecular weight is 266 g/mol. The summed E-state index contributed by atoms with van der Waals surface area (Å²) in [5.74, 6) is 0.201. The Kier molecular flexibility index (Phi) is 2.46. The fourth-order valence-electron chi connectivity index (χ4n) is 3.54. The Morgan fingerprint density at radius 2 is 2.25 bits per heavy atom. The van der Waals surface area contributed by atoms with E-state index in [2.05, 4.69) is 34.1 Å². The number of anilines is 1. The van der Waals surface area contributed by atoms with Gasteiger partial charge in [-0.25, -0.2) is 0 Å². The Labute approximate surface area is 118 Å². The number of likely N-dealkylation sites (tertiary alicyclic amines) is 1. The van der Waals surface area contributed by atoms with Gasteiger partial charge in [-0.15, -0.1) is 0 Å². The van der Waals surface area contributed by atoms with Crippen molar-refractivity contribution in [3.8, 4) is 0 Å². The lowest BCUT2D eigenvalue weighted by Gasteiger charge is -2.35. The highest BCUT2D eigenvalue weighted by Gasteiger charge is 2.44. The number of carbonyl (C=O) groups excluding carboxylic acids is 1. The fraction of sp³-hybridized carbons (Fsp3) is 0.375. The Hall–Kier alpha value is -2.10. The molecule has 2 bridgehead atoms. The van der Waals surface area contributed by atoms with Crippen LogP contribution >= 0.6 is 0 Å². The van der Waals surface area contributed by atoms with E-state index >= 15 is 0 Å². The first-order chi connectivity index (χ1) is 9.72. The minimum atomic E-state index is 0.201. The monoisotopic (exact) mass is 266 g/mol. The van der Waals surface area contributed by atoms with E-state index in [-0.39, 0.29) is 5.91 Å². The predicted molar refractivity (Wildman–Crippen MR) is 77.5 cm³/mol. The molecule has 0 saturated carbocycles. The number of fused-ring (bicyclic) bond motifs is 3. The summed E-state index contributed by atoms with van der Waals surface area (Å²) < 4.78 is 0. The number of carbonyl (C=O) groups is 1. The van der Waals surface area contributed by atoms with Gasteiger partial charge in [0.1, 0.15) is 0 Å². The van der Waals surface area contributed by atoms with Gasteiger partial charge in [0.15, 0.2) is 0 Å². The summed E-state index contributed by atoms with van der Waals surface area (Å²) in [5.41, 5.74) is 2.19. The molecule has 0 aliphatic carbocycles. The van der Waals surface area contributed by atoms with Crippen LogP contribution < -0.4 is 4.90 Å². The van der Waals surface area contributed by atoms with Gasteiger partial charge in [-0.2, -0.15) is 0 Å². The van der Waals surface area contributed by atoms with E-state index in [0.29, 0.717) is 12.1 Å². The standard InChI is InChI=1S/C16H16N3O/c1-11(20)18-9-15-7-14(18)10-19(15)13-5-4-12-3-2-6-17-16(12)8-13/h2,4-6,8,14-15H,7,9-10H2,1H3/t14-,15-/m0/s1. The minimum Gasteiger partial charge on any atom is -0.365 e. The maximum atomic E-state index is 11.5. The number of amides is 1. The highest BCUT2D eigenvalue weighted by atomic mass is 16.2. The van der Waals surface area contributed by atoms with E-state index in [9.17, 15) is 4.79 Å². The van der Waals surface area contributed by atoms with E-state index in [1.807, 2.05) is 11.0 Å². The number of hydrogen-bond donors (Lipinski definition) is 0. The molecule has 1 amide bonds. The second kappa shape index (κ2) is 4.20. The van der Waals surface area contributed by atoms with E-state index < -0.39 is 0 Å². The van der Waals surface area contributed by atoms with E-state index in [4.69, 9.17) is 0 Å². The molecule has 2 aliphatic heterocycles. The molecule has 2 aliphatic rings. The van der Waals surface area contributed by atoms with Crippen LogP contribution in [0.4, 0.5) is 5.69 Å². The maximum absolute atomic E-state index is 11.5. The van der Waals surface area contributed by atoms with Crippen molar-refractivity contribution in [2.75, 3.05) is 18.0 Å². The molecule has 4 rings (SSSR count). The Bertz CT molecular complexity index is 684. The molecule has 1 aromatic carbocycles. The van der Waals surface area contributed by atoms with Gasteiger partial charge in [0, 0.05) is 43.3 Å². The molecule has 4 heteroatoms. The lowest BCUT2D eigenvalue weighted by atomic mass is 10.1. The zero-order valence-corrected chi connectivity index (χ0v) is 11.4. The fourth-order valence-corrected chi connectivity index (χ4v) is 3.54. The van der Waals surface area contributed by atoms with Crippen LogP contribution in [0.5, 0.6) is 0 Å². The van der Waals surface area contributed by atoms with Crippen LogP contribution in [0, 0.1) is 6.07 Å². The minimum absolute atomic E-state index is 0.201. The molecular formula is C16H16N3O. The smallest absolute Gasteiger partial charge is 0.219 e. The normalized spacial score (nSPS) is 24.6. The van der Waals surface area contributed by atoms with Gasteiger partial charge in [0.25, 0.3) is 0 Å². The van der Waals surface area contributed by atoms with Crippen LogP contribution in [0.25, 0.3) is 10.9 Å². The lowest BCUT2D eigenvalue weighted by Crippen LogP contribution is -2.48. The zero-order valence-electron chi connectivity index (χ0n) is 11.4. The van der Waals surface area contributed by atoms with Crippen LogP contribution in [-0.2, 0) is 4.79 Å². The SMILES string of the molecule is CC(=O)N1C[C@@H]2C[C@H]1CN2c1ccc2[c]ccnc2c1. The van der Waals surface area contributed by atoms with Gasteiger partial charge < -0.3 is 9.80 Å². The van der Waals surface area contributed by atoms with Crippen LogP contribution in [0.3, 0.4) is 0 Å². The summed E-state index contributed by atoms with van der Waals surface area (Å²) >= 11 is 0. The predicted octanol–water partition coefficient (Wildman–Crippen LogP) is 1.84. The number of benzene rings is 1. The second-order valence-electron chi connectivity index (χ2n) is 5.66. The summed E-state index contributed by atoms with van der Waals surface area (Å²) in [6.07, 6.45) is 2.87. The Balaban J connectivity index is 1.64. The molecular weight excluding hydrogens is 250 g/mol. The first-order valence-electron chi connectivity index (χ1n) is 7.03. The van der Waals surface area contributed by atoms with Gasteiger partial charge in [0.05, 0.1) is 11.6 Å². The summed E-state index contributed by atoms with van der Waals surface area (Å²) in [5, 5.41) is 1.05. The highest BCUT2D eigenvalue weighted by Crippen LogP contribution is 2.35. The molecule has 2 saturated heterocycles. The number of rotatable bonds is 1. The largest absolute Gasteiger partial charge is 0.365 e. The zero-order chi connectivity index (χ0) is 13.7. The molecule has 4 nitrogen and oxygen atoms in total. The van der Waals surface area contributed by atoms with Crippen molar-refractivity contribution in [3.63, 3.8) is 0 Å². The molecule has 2 aromatic rings. The molecule has 0 spiro atoms. The lowest BCUT2D eigenvalue weighted by molar-refractivity contribution is -0.129. The molecule has 101 valence electrons. The molecule has 0 unspecified atom stereocenters. The van der Waals surface area contributed by atoms with Crippen LogP contribution in [-0.4, -0.2) is 41.0 Å². The van der Waals surface area contributed by atoms with Crippen molar-refractivity contribution in [2.45, 2.75) is 25.4 Å². The van der Waals surface area contributed by atoms with Gasteiger partial charge in [-0.1, -0.05) is 6.07 Å². The molecule has 3 heterocycles. The van der Waals surface area contributed by atoms with Crippen LogP contribution in [0.15, 0.2) is 30.5 Å². The number of hydrogen-bond acceptors (Lipinski definition) is 3. The number of aromatic nitrogens is 1. The molecule has 1 aromatic heterocycles. The van der Waals surface area contributed by atoms with E-state index in [1.54, 1.807) is 13.1 Å². The Morgan fingerprint density at radius 1 is 1.35 bits per heavy atom. The molecule has 1 radical (unpaired) electrons. The second-order valence-corrected chi connectivity index (χ2v) is 5.66. The summed E-state index contributed by atoms with van der Waals surface area (Å²) in [6.45, 7) is 3.46. The maximum Gasteiger partial charge on any atom is 0.219 e. The summed E-state index contributed by atoms with van der Waals surface area (Å²) in [7, 11) is 0. The van der Waals surface area contributed by atoms with E-state index in [0.717, 1.165) is 30.4 Å². The van der Waals surface area contributed by atoms with Crippen molar-refractivity contribution < 1.29 is 4.79 Å². The molecule has 2 fully saturated rings. The van der Waals surface area contributed by atoms with Gasteiger partial charge in [-0.05, 0) is 30.7 Å². The quantitative estimate of drug-likeness (QED) is 0.790. The third-order valence-electron chi connectivity index (χ3n) is 4.49. The van der Waals surface area contributed by atoms with Gasteiger partial charge in [0.2, 0.25) is 5.91 Å². The topological polar surface area (TPSA) is 36.4 Å². The number of pyridine rings is 1. The highest BCUT2D eigenvalue weighted by molar-refractivity contribution is 5.82. The first-order valence-corrected chi connectivity index (χ1v) is 7.03. The summed E-state index contributed by atoms with van der Waals surface area (Å²) in [4.78, 5) is 20.4. The third-order valence-corrected chi connectivity index (χ3v) is 4.49. The Morgan fingerprint density at radius 3 is 3.00 bits per heavy atom. The third kappa shape index (κ3) is 1.68. The molecule has 0 N–H and O–H groups in total.